The van der Waals surface area contributed by atoms with Crippen molar-refractivity contribution in [3.05, 3.63) is 106 Å². The van der Waals surface area contributed by atoms with E-state index in [0.29, 0.717) is 5.92 Å². The minimum absolute atomic E-state index is 0.256. The highest BCUT2D eigenvalue weighted by atomic mass is 14.3. The Balaban J connectivity index is 0.000000185. The van der Waals surface area contributed by atoms with E-state index in [1.54, 1.807) is 11.1 Å². The maximum atomic E-state index is 2.36. The number of benzene rings is 3. The SMILES string of the molecule is CC(C)(C)c1ccc(C2CCCC2)cc1.CC(C)(C)c1ccc(C2CCCCC2)cc1.Cc1ccc(C(C)C)c(C(C)(C)C)c1. The Kier molecular flexibility index (Phi) is 13.2. The quantitative estimate of drug-likeness (QED) is 0.277. The molecular weight excluding hydrogens is 540 g/mol. The third-order valence-electron chi connectivity index (χ3n) is 10.1. The second kappa shape index (κ2) is 16.0. The molecule has 0 aliphatic heterocycles. The number of rotatable bonds is 3. The molecule has 248 valence electrons. The van der Waals surface area contributed by atoms with Gasteiger partial charge in [-0.1, -0.05) is 181 Å². The summed E-state index contributed by atoms with van der Waals surface area (Å²) < 4.78 is 0. The number of hydrogen-bond donors (Lipinski definition) is 0. The predicted octanol–water partition coefficient (Wildman–Crippen LogP) is 14.1. The first-order valence-electron chi connectivity index (χ1n) is 18.3. The molecule has 0 spiro atoms. The molecule has 0 atom stereocenters. The molecule has 2 fully saturated rings. The van der Waals surface area contributed by atoms with E-state index in [0.717, 1.165) is 11.8 Å². The summed E-state index contributed by atoms with van der Waals surface area (Å²) in [6, 6.07) is 25.5. The van der Waals surface area contributed by atoms with Crippen LogP contribution in [0.5, 0.6) is 0 Å². The average Bonchev–Trinajstić information content (AvgIpc) is 3.52. The van der Waals surface area contributed by atoms with Crippen LogP contribution in [0.4, 0.5) is 0 Å². The summed E-state index contributed by atoms with van der Waals surface area (Å²) in [5.41, 5.74) is 11.2. The fourth-order valence-corrected chi connectivity index (χ4v) is 7.03. The van der Waals surface area contributed by atoms with E-state index >= 15 is 0 Å². The second-order valence-electron chi connectivity index (χ2n) is 17.6. The summed E-state index contributed by atoms with van der Waals surface area (Å²) in [5.74, 6) is 2.30. The van der Waals surface area contributed by atoms with Crippen molar-refractivity contribution in [2.24, 2.45) is 0 Å². The smallest absolute Gasteiger partial charge is 0.0129 e. The van der Waals surface area contributed by atoms with Gasteiger partial charge >= 0.3 is 0 Å². The van der Waals surface area contributed by atoms with Crippen LogP contribution in [0.25, 0.3) is 0 Å². The lowest BCUT2D eigenvalue weighted by Crippen LogP contribution is -2.15. The molecule has 0 radical (unpaired) electrons. The zero-order valence-corrected chi connectivity index (χ0v) is 31.4. The summed E-state index contributed by atoms with van der Waals surface area (Å²) in [6.07, 6.45) is 12.7. The number of hydrogen-bond acceptors (Lipinski definition) is 0. The van der Waals surface area contributed by atoms with Crippen LogP contribution in [-0.4, -0.2) is 0 Å². The zero-order valence-electron chi connectivity index (χ0n) is 31.4. The van der Waals surface area contributed by atoms with Crippen LogP contribution in [-0.2, 0) is 16.2 Å². The summed E-state index contributed by atoms with van der Waals surface area (Å²) in [6.45, 7) is 27.2. The topological polar surface area (TPSA) is 0 Å². The van der Waals surface area contributed by atoms with E-state index in [-0.39, 0.29) is 16.2 Å². The van der Waals surface area contributed by atoms with E-state index in [9.17, 15) is 0 Å². The summed E-state index contributed by atoms with van der Waals surface area (Å²) in [4.78, 5) is 0. The maximum Gasteiger partial charge on any atom is -0.0129 e. The Hall–Kier alpha value is -2.34. The average molecular weight is 609 g/mol. The van der Waals surface area contributed by atoms with E-state index < -0.39 is 0 Å². The Morgan fingerprint density at radius 2 is 0.867 bits per heavy atom. The van der Waals surface area contributed by atoms with Gasteiger partial charge in [0, 0.05) is 0 Å². The lowest BCUT2D eigenvalue weighted by Gasteiger charge is -2.25. The molecular formula is C45H68. The van der Waals surface area contributed by atoms with Crippen molar-refractivity contribution < 1.29 is 0 Å². The van der Waals surface area contributed by atoms with Crippen LogP contribution < -0.4 is 0 Å². The molecule has 0 unspecified atom stereocenters. The number of aryl methyl sites for hydroxylation is 1. The first-order valence-corrected chi connectivity index (χ1v) is 18.3. The summed E-state index contributed by atoms with van der Waals surface area (Å²) in [5, 5.41) is 0. The molecule has 5 rings (SSSR count). The van der Waals surface area contributed by atoms with Gasteiger partial charge in [-0.25, -0.2) is 0 Å². The standard InChI is InChI=1S/C16H24.C15H22.C14H22/c1-16(2,3)15-11-9-14(10-12-15)13-7-5-4-6-8-13;1-15(2,3)14-10-8-13(9-11-14)12-6-4-5-7-12;1-10(2)12-8-7-11(3)9-13(12)14(4,5)6/h9-13H,4-8H2,1-3H3;8-12H,4-7H2,1-3H3;7-10H,1-6H3. The van der Waals surface area contributed by atoms with Crippen LogP contribution in [0.1, 0.15) is 191 Å². The van der Waals surface area contributed by atoms with Gasteiger partial charge in [0.05, 0.1) is 0 Å². The molecule has 0 heterocycles. The van der Waals surface area contributed by atoms with Gasteiger partial charge in [-0.05, 0) is 100.0 Å². The normalized spacial score (nSPS) is 16.6. The Morgan fingerprint density at radius 3 is 1.20 bits per heavy atom. The van der Waals surface area contributed by atoms with Crippen LogP contribution in [0, 0.1) is 6.92 Å². The van der Waals surface area contributed by atoms with Gasteiger partial charge in [0.1, 0.15) is 0 Å². The van der Waals surface area contributed by atoms with E-state index in [2.05, 4.69) is 150 Å². The highest BCUT2D eigenvalue weighted by Crippen LogP contribution is 2.36. The van der Waals surface area contributed by atoms with Crippen LogP contribution in [0.2, 0.25) is 0 Å². The second-order valence-corrected chi connectivity index (χ2v) is 17.6. The van der Waals surface area contributed by atoms with Gasteiger partial charge in [0.2, 0.25) is 0 Å². The summed E-state index contributed by atoms with van der Waals surface area (Å²) >= 11 is 0. The van der Waals surface area contributed by atoms with Gasteiger partial charge in [0.25, 0.3) is 0 Å². The fraction of sp³-hybridized carbons (Fsp3) is 0.600. The zero-order chi connectivity index (χ0) is 33.4. The molecule has 0 amide bonds. The van der Waals surface area contributed by atoms with Crippen LogP contribution in [0.3, 0.4) is 0 Å². The van der Waals surface area contributed by atoms with Crippen molar-refractivity contribution in [3.8, 4) is 0 Å². The van der Waals surface area contributed by atoms with Crippen molar-refractivity contribution in [2.75, 3.05) is 0 Å². The summed E-state index contributed by atoms with van der Waals surface area (Å²) in [7, 11) is 0. The molecule has 2 saturated carbocycles. The third kappa shape index (κ3) is 11.4. The molecule has 0 saturated heterocycles. The fourth-order valence-electron chi connectivity index (χ4n) is 7.03. The molecule has 0 N–H and O–H groups in total. The molecule has 0 aromatic heterocycles. The minimum atomic E-state index is 0.256. The van der Waals surface area contributed by atoms with Crippen molar-refractivity contribution in [2.45, 2.75) is 175 Å². The maximum absolute atomic E-state index is 2.36. The van der Waals surface area contributed by atoms with E-state index in [4.69, 9.17) is 0 Å². The van der Waals surface area contributed by atoms with Gasteiger partial charge < -0.3 is 0 Å². The first-order chi connectivity index (χ1) is 21.0. The van der Waals surface area contributed by atoms with Crippen molar-refractivity contribution in [1.82, 2.24) is 0 Å². The van der Waals surface area contributed by atoms with Gasteiger partial charge in [-0.2, -0.15) is 0 Å². The lowest BCUT2D eigenvalue weighted by atomic mass is 9.80. The molecule has 3 aromatic rings. The molecule has 0 bridgehead atoms. The Labute approximate surface area is 279 Å². The van der Waals surface area contributed by atoms with Crippen molar-refractivity contribution in [1.29, 1.82) is 0 Å². The van der Waals surface area contributed by atoms with Crippen LogP contribution in [0.15, 0.2) is 66.7 Å². The van der Waals surface area contributed by atoms with Gasteiger partial charge in [0.15, 0.2) is 0 Å². The Bertz CT molecular complexity index is 1270. The van der Waals surface area contributed by atoms with Gasteiger partial charge in [-0.3, -0.25) is 0 Å². The molecule has 2 aliphatic carbocycles. The van der Waals surface area contributed by atoms with E-state index in [1.165, 1.54) is 85.6 Å². The van der Waals surface area contributed by atoms with Crippen LogP contribution >= 0.6 is 0 Å². The van der Waals surface area contributed by atoms with E-state index in [1.807, 2.05) is 0 Å². The van der Waals surface area contributed by atoms with Crippen molar-refractivity contribution in [3.63, 3.8) is 0 Å². The monoisotopic (exact) mass is 609 g/mol. The largest absolute Gasteiger partial charge is 0.0590 e. The minimum Gasteiger partial charge on any atom is -0.0590 e. The molecule has 0 nitrogen and oxygen atoms in total. The first kappa shape index (κ1) is 37.1. The predicted molar refractivity (Wildman–Crippen MR) is 201 cm³/mol. The molecule has 0 heteroatoms. The molecule has 45 heavy (non-hydrogen) atoms. The highest BCUT2D eigenvalue weighted by Gasteiger charge is 2.20. The Morgan fingerprint density at radius 1 is 0.489 bits per heavy atom. The third-order valence-corrected chi connectivity index (χ3v) is 10.1. The van der Waals surface area contributed by atoms with Crippen molar-refractivity contribution >= 4 is 0 Å². The highest BCUT2D eigenvalue weighted by molar-refractivity contribution is 5.38. The molecule has 3 aromatic carbocycles. The lowest BCUT2D eigenvalue weighted by molar-refractivity contribution is 0.443. The van der Waals surface area contributed by atoms with Gasteiger partial charge in [-0.15, -0.1) is 0 Å². The molecule has 2 aliphatic rings.